The molecule has 52 heavy (non-hydrogen) atoms. The topological polar surface area (TPSA) is 298 Å². The summed E-state index contributed by atoms with van der Waals surface area (Å²) in [6, 6.07) is -7.37. The van der Waals surface area contributed by atoms with E-state index in [1.165, 1.54) is 10.8 Å². The van der Waals surface area contributed by atoms with Gasteiger partial charge in [0, 0.05) is 24.3 Å². The molecule has 7 atom stereocenters. The van der Waals surface area contributed by atoms with Gasteiger partial charge in [-0.3, -0.25) is 43.2 Å². The van der Waals surface area contributed by atoms with Crippen molar-refractivity contribution >= 4 is 99.0 Å². The van der Waals surface area contributed by atoms with Gasteiger partial charge in [-0.2, -0.15) is 25.3 Å². The zero-order valence-electron chi connectivity index (χ0n) is 29.8. The summed E-state index contributed by atoms with van der Waals surface area (Å²) in [5, 5.41) is 19.0. The lowest BCUT2D eigenvalue weighted by atomic mass is 9.92. The maximum absolute atomic E-state index is 13.6. The minimum atomic E-state index is -1.51. The molecule has 0 aliphatic carbocycles. The molecule has 0 fully saturated rings. The van der Waals surface area contributed by atoms with Crippen molar-refractivity contribution in [2.24, 2.45) is 23.3 Å². The number of aliphatic carboxylic acids is 1. The highest BCUT2D eigenvalue weighted by molar-refractivity contribution is 8.82. The zero-order chi connectivity index (χ0) is 40.1. The molecule has 0 saturated heterocycles. The van der Waals surface area contributed by atoms with Gasteiger partial charge in [-0.25, -0.2) is 10.9 Å². The summed E-state index contributed by atoms with van der Waals surface area (Å²) in [4.78, 5) is 113. The van der Waals surface area contributed by atoms with Crippen LogP contribution in [0.25, 0.3) is 0 Å². The summed E-state index contributed by atoms with van der Waals surface area (Å²) in [5.74, 6) is -8.26. The minimum Gasteiger partial charge on any atom is -0.481 e. The van der Waals surface area contributed by atoms with Crippen LogP contribution in [0.4, 0.5) is 0 Å². The first-order valence-corrected chi connectivity index (χ1v) is 20.2. The number of primary amides is 1. The van der Waals surface area contributed by atoms with E-state index in [0.717, 1.165) is 10.8 Å². The SMILES string of the molecule is CC[C@H](C)C(NC(=O)[C@@H](NC(=O)[C@H](CCC(=O)O)NC(=O)[C@H](CCC(N)=O)NN[C@@H](CS)C(=O)N[C@@H](CS)C(=O)SSC)C(C)C)C(=O)C(=O)CN. The molecule has 1 unspecified atom stereocenters. The number of hydrazine groups is 1. The average Bonchev–Trinajstić information content (AvgIpc) is 3.09. The van der Waals surface area contributed by atoms with Crippen LogP contribution in [0, 0.1) is 11.8 Å². The molecule has 0 rings (SSSR count). The van der Waals surface area contributed by atoms with Crippen molar-refractivity contribution in [3.8, 4) is 0 Å². The lowest BCUT2D eigenvalue weighted by molar-refractivity contribution is -0.140. The van der Waals surface area contributed by atoms with E-state index in [1.54, 1.807) is 34.0 Å². The number of Topliss-reactive ketones (excluding diaryl/α,β-unsaturated/α-hetero) is 2. The number of thiol groups is 2. The smallest absolute Gasteiger partial charge is 0.303 e. The molecule has 11 N–H and O–H groups in total. The van der Waals surface area contributed by atoms with Crippen molar-refractivity contribution in [3.05, 3.63) is 0 Å². The predicted molar refractivity (Wildman–Crippen MR) is 204 cm³/mol. The van der Waals surface area contributed by atoms with E-state index >= 15 is 0 Å². The average molecular weight is 813 g/mol. The molecule has 296 valence electrons. The largest absolute Gasteiger partial charge is 0.481 e. The van der Waals surface area contributed by atoms with E-state index in [9.17, 15) is 48.3 Å². The molecule has 0 heterocycles. The first-order chi connectivity index (χ1) is 24.4. The highest BCUT2D eigenvalue weighted by atomic mass is 33.1. The first kappa shape index (κ1) is 49.1. The molecule has 0 bridgehead atoms. The summed E-state index contributed by atoms with van der Waals surface area (Å²) < 4.78 is 0. The van der Waals surface area contributed by atoms with E-state index in [2.05, 4.69) is 57.4 Å². The van der Waals surface area contributed by atoms with Gasteiger partial charge in [-0.05, 0) is 41.7 Å². The standard InChI is InChI=1S/C30H52N8O10S4/c1-6-15(4)24(25(43)20(39)11-31)36-29(47)23(14(2)3)35-26(44)16(8-10-22(41)42)33-27(45)17(7-9-21(32)40)37-38-18(12-49)28(46)34-19(13-50)30(48)52-51-5/h14-19,23-24,37-38,49-50H,6-13,31H2,1-5H3,(H2,32,40)(H,33,45)(H,34,46)(H,35,44)(H,36,47)(H,41,42)/t15-,16-,17-,18-,19-,23-,24?/m0/s1. The van der Waals surface area contributed by atoms with Crippen molar-refractivity contribution in [3.63, 3.8) is 0 Å². The van der Waals surface area contributed by atoms with Gasteiger partial charge in [0.1, 0.15) is 30.2 Å². The van der Waals surface area contributed by atoms with Gasteiger partial charge in [-0.1, -0.05) is 44.9 Å². The van der Waals surface area contributed by atoms with Crippen LogP contribution in [0.15, 0.2) is 0 Å². The molecule has 5 amide bonds. The van der Waals surface area contributed by atoms with Crippen molar-refractivity contribution in [1.29, 1.82) is 0 Å². The van der Waals surface area contributed by atoms with Crippen LogP contribution in [0.1, 0.15) is 59.8 Å². The second kappa shape index (κ2) is 26.0. The number of nitrogens with two attached hydrogens (primary N) is 2. The minimum absolute atomic E-state index is 0.0120. The summed E-state index contributed by atoms with van der Waals surface area (Å²) in [6.07, 6.45) is 0.593. The molecule has 0 radical (unpaired) electrons. The molecular weight excluding hydrogens is 761 g/mol. The van der Waals surface area contributed by atoms with Crippen molar-refractivity contribution < 1.29 is 48.3 Å². The number of carboxylic acids is 1. The van der Waals surface area contributed by atoms with Gasteiger partial charge >= 0.3 is 5.97 Å². The summed E-state index contributed by atoms with van der Waals surface area (Å²) in [6.45, 7) is 6.05. The van der Waals surface area contributed by atoms with E-state index in [4.69, 9.17) is 11.5 Å². The molecule has 0 aliphatic rings. The Morgan fingerprint density at radius 1 is 0.712 bits per heavy atom. The number of carbonyl (C=O) groups is 9. The van der Waals surface area contributed by atoms with Crippen LogP contribution >= 0.6 is 46.8 Å². The van der Waals surface area contributed by atoms with Gasteiger partial charge in [0.15, 0.2) is 0 Å². The molecule has 0 aromatic heterocycles. The van der Waals surface area contributed by atoms with E-state index < -0.39 is 115 Å². The number of hydrogen-bond acceptors (Lipinski definition) is 16. The number of nitrogens with one attached hydrogen (secondary N) is 6. The third kappa shape index (κ3) is 17.8. The van der Waals surface area contributed by atoms with Gasteiger partial charge in [-0.15, -0.1) is 0 Å². The number of hydrogen-bond donors (Lipinski definition) is 11. The van der Waals surface area contributed by atoms with Crippen LogP contribution in [-0.2, 0) is 43.2 Å². The fourth-order valence-electron chi connectivity index (χ4n) is 4.36. The van der Waals surface area contributed by atoms with Gasteiger partial charge in [0.2, 0.25) is 46.2 Å². The van der Waals surface area contributed by atoms with E-state index in [-0.39, 0.29) is 29.5 Å². The van der Waals surface area contributed by atoms with Crippen molar-refractivity contribution in [2.75, 3.05) is 24.3 Å². The molecule has 0 aromatic carbocycles. The van der Waals surface area contributed by atoms with Crippen LogP contribution in [-0.4, -0.2) is 118 Å². The summed E-state index contributed by atoms with van der Waals surface area (Å²) in [5.41, 5.74) is 15.9. The van der Waals surface area contributed by atoms with Crippen LogP contribution < -0.4 is 43.6 Å². The second-order valence-corrected chi connectivity index (χ2v) is 15.1. The summed E-state index contributed by atoms with van der Waals surface area (Å²) >= 11 is 8.28. The Balaban J connectivity index is 6.16. The monoisotopic (exact) mass is 812 g/mol. The third-order valence-electron chi connectivity index (χ3n) is 7.66. The predicted octanol–water partition coefficient (Wildman–Crippen LogP) is -1.92. The number of amides is 5. The molecule has 0 aromatic rings. The molecule has 22 heteroatoms. The highest BCUT2D eigenvalue weighted by Crippen LogP contribution is 2.20. The number of ketones is 2. The number of carboxylic acid groups (broad SMARTS) is 1. The van der Waals surface area contributed by atoms with E-state index in [0.29, 0.717) is 6.42 Å². The Morgan fingerprint density at radius 2 is 1.21 bits per heavy atom. The van der Waals surface area contributed by atoms with Crippen molar-refractivity contribution in [2.45, 2.75) is 96.1 Å². The fraction of sp³-hybridized carbons (Fsp3) is 0.700. The Hall–Kier alpha value is -2.89. The molecule has 0 aliphatic heterocycles. The molecular formula is C30H52N8O10S4. The maximum Gasteiger partial charge on any atom is 0.303 e. The Morgan fingerprint density at radius 3 is 1.69 bits per heavy atom. The van der Waals surface area contributed by atoms with E-state index in [1.807, 2.05) is 0 Å². The quantitative estimate of drug-likeness (QED) is 0.0187. The maximum atomic E-state index is 13.6. The highest BCUT2D eigenvalue weighted by Gasteiger charge is 2.35. The van der Waals surface area contributed by atoms with Gasteiger partial charge in [0.05, 0.1) is 12.6 Å². The Bertz CT molecular complexity index is 1280. The molecule has 0 saturated carbocycles. The van der Waals surface area contributed by atoms with Gasteiger partial charge in [0.25, 0.3) is 0 Å². The summed E-state index contributed by atoms with van der Waals surface area (Å²) in [7, 11) is 2.12. The normalized spacial score (nSPS) is 15.2. The Labute approximate surface area is 321 Å². The van der Waals surface area contributed by atoms with Crippen LogP contribution in [0.3, 0.4) is 0 Å². The van der Waals surface area contributed by atoms with Crippen molar-refractivity contribution in [1.82, 2.24) is 32.1 Å². The third-order valence-corrected chi connectivity index (χ3v) is 9.99. The van der Waals surface area contributed by atoms with Gasteiger partial charge < -0.3 is 37.8 Å². The van der Waals surface area contributed by atoms with Crippen LogP contribution in [0.2, 0.25) is 0 Å². The zero-order valence-corrected chi connectivity index (χ0v) is 33.2. The molecule has 0 spiro atoms. The lowest BCUT2D eigenvalue weighted by Gasteiger charge is -2.29. The first-order valence-electron chi connectivity index (χ1n) is 16.3. The Kier molecular flexibility index (Phi) is 24.5. The number of carbonyl (C=O) groups excluding carboxylic acids is 8. The van der Waals surface area contributed by atoms with Crippen LogP contribution in [0.5, 0.6) is 0 Å². The number of rotatable bonds is 27. The lowest BCUT2D eigenvalue weighted by Crippen LogP contribution is -2.61. The second-order valence-electron chi connectivity index (χ2n) is 12.0. The molecule has 18 nitrogen and oxygen atoms in total. The fourth-order valence-corrected chi connectivity index (χ4v) is 6.26.